The molecular formula is C16H18N2O3. The average molecular weight is 286 g/mol. The Balaban J connectivity index is 1.92. The molecule has 2 N–H and O–H groups in total. The molecule has 1 aromatic carbocycles. The number of rotatable bonds is 4. The number of hydrogen-bond acceptors (Lipinski definition) is 3. The van der Waals surface area contributed by atoms with Crippen LogP contribution in [0.4, 0.5) is 5.69 Å². The van der Waals surface area contributed by atoms with E-state index in [0.29, 0.717) is 11.3 Å². The molecular weight excluding hydrogens is 268 g/mol. The molecule has 0 radical (unpaired) electrons. The summed E-state index contributed by atoms with van der Waals surface area (Å²) in [5, 5.41) is 5.36. The lowest BCUT2D eigenvalue weighted by atomic mass is 10.1. The second-order valence-electron chi connectivity index (χ2n) is 4.87. The van der Waals surface area contributed by atoms with E-state index in [-0.39, 0.29) is 18.4 Å². The lowest BCUT2D eigenvalue weighted by Crippen LogP contribution is -2.33. The number of furan rings is 1. The van der Waals surface area contributed by atoms with Crippen LogP contribution in [0.5, 0.6) is 0 Å². The predicted molar refractivity (Wildman–Crippen MR) is 80.3 cm³/mol. The Kier molecular flexibility index (Phi) is 4.42. The molecule has 1 aromatic heterocycles. The summed E-state index contributed by atoms with van der Waals surface area (Å²) in [5.41, 5.74) is 3.32. The van der Waals surface area contributed by atoms with Gasteiger partial charge < -0.3 is 15.1 Å². The lowest BCUT2D eigenvalue weighted by Gasteiger charge is -2.10. The molecule has 0 fully saturated rings. The summed E-state index contributed by atoms with van der Waals surface area (Å²) in [6.45, 7) is 5.54. The van der Waals surface area contributed by atoms with Crippen molar-refractivity contribution >= 4 is 17.5 Å². The van der Waals surface area contributed by atoms with Crippen LogP contribution in [0.3, 0.4) is 0 Å². The van der Waals surface area contributed by atoms with Crippen LogP contribution >= 0.6 is 0 Å². The maximum absolute atomic E-state index is 11.9. The van der Waals surface area contributed by atoms with E-state index in [1.807, 2.05) is 32.0 Å². The molecule has 0 saturated carbocycles. The van der Waals surface area contributed by atoms with E-state index in [4.69, 9.17) is 4.42 Å². The highest BCUT2D eigenvalue weighted by molar-refractivity contribution is 6.00. The SMILES string of the molecule is Cc1cccc(NC(=O)CNC(=O)c2ccoc2C)c1C. The van der Waals surface area contributed by atoms with Crippen LogP contribution in [0.2, 0.25) is 0 Å². The van der Waals surface area contributed by atoms with Crippen molar-refractivity contribution in [2.24, 2.45) is 0 Å². The second kappa shape index (κ2) is 6.26. The number of nitrogens with one attached hydrogen (secondary N) is 2. The Morgan fingerprint density at radius 2 is 1.90 bits per heavy atom. The standard InChI is InChI=1S/C16H18N2O3/c1-10-5-4-6-14(11(10)2)18-15(19)9-17-16(20)13-7-8-21-12(13)3/h4-8H,9H2,1-3H3,(H,17,20)(H,18,19). The van der Waals surface area contributed by atoms with Crippen LogP contribution in [0.25, 0.3) is 0 Å². The van der Waals surface area contributed by atoms with Gasteiger partial charge in [-0.25, -0.2) is 0 Å². The molecule has 5 heteroatoms. The zero-order chi connectivity index (χ0) is 15.4. The summed E-state index contributed by atoms with van der Waals surface area (Å²) in [6, 6.07) is 7.27. The van der Waals surface area contributed by atoms with Gasteiger partial charge >= 0.3 is 0 Å². The molecule has 5 nitrogen and oxygen atoms in total. The normalized spacial score (nSPS) is 10.2. The average Bonchev–Trinajstić information content (AvgIpc) is 2.87. The number of carbonyl (C=O) groups is 2. The first-order chi connectivity index (χ1) is 9.99. The smallest absolute Gasteiger partial charge is 0.255 e. The van der Waals surface area contributed by atoms with Crippen LogP contribution < -0.4 is 10.6 Å². The van der Waals surface area contributed by atoms with Crippen molar-refractivity contribution in [3.63, 3.8) is 0 Å². The van der Waals surface area contributed by atoms with Crippen LogP contribution in [-0.2, 0) is 4.79 Å². The quantitative estimate of drug-likeness (QED) is 0.907. The van der Waals surface area contributed by atoms with Crippen molar-refractivity contribution in [3.8, 4) is 0 Å². The molecule has 0 unspecified atom stereocenters. The number of amides is 2. The van der Waals surface area contributed by atoms with Crippen LogP contribution in [0.15, 0.2) is 34.9 Å². The summed E-state index contributed by atoms with van der Waals surface area (Å²) in [7, 11) is 0. The van der Waals surface area contributed by atoms with Gasteiger partial charge in [-0.3, -0.25) is 9.59 Å². The summed E-state index contributed by atoms with van der Waals surface area (Å²) >= 11 is 0. The fraction of sp³-hybridized carbons (Fsp3) is 0.250. The van der Waals surface area contributed by atoms with Gasteiger partial charge in [0, 0.05) is 5.69 Å². The largest absolute Gasteiger partial charge is 0.469 e. The Bertz CT molecular complexity index is 674. The van der Waals surface area contributed by atoms with E-state index in [2.05, 4.69) is 10.6 Å². The molecule has 2 amide bonds. The first kappa shape index (κ1) is 14.8. The van der Waals surface area contributed by atoms with Gasteiger partial charge in [-0.2, -0.15) is 0 Å². The van der Waals surface area contributed by atoms with Crippen molar-refractivity contribution in [1.29, 1.82) is 0 Å². The fourth-order valence-electron chi connectivity index (χ4n) is 1.96. The monoisotopic (exact) mass is 286 g/mol. The number of hydrogen-bond donors (Lipinski definition) is 2. The molecule has 0 aliphatic heterocycles. The van der Waals surface area contributed by atoms with E-state index >= 15 is 0 Å². The predicted octanol–water partition coefficient (Wildman–Crippen LogP) is 2.57. The summed E-state index contributed by atoms with van der Waals surface area (Å²) in [4.78, 5) is 23.7. The topological polar surface area (TPSA) is 71.3 Å². The second-order valence-corrected chi connectivity index (χ2v) is 4.87. The molecule has 0 atom stereocenters. The van der Waals surface area contributed by atoms with Crippen molar-refractivity contribution in [2.45, 2.75) is 20.8 Å². The summed E-state index contributed by atoms with van der Waals surface area (Å²) < 4.78 is 5.06. The number of anilines is 1. The third-order valence-electron chi connectivity index (χ3n) is 3.39. The Morgan fingerprint density at radius 1 is 1.14 bits per heavy atom. The van der Waals surface area contributed by atoms with Gasteiger partial charge in [-0.15, -0.1) is 0 Å². The highest BCUT2D eigenvalue weighted by Crippen LogP contribution is 2.17. The minimum absolute atomic E-state index is 0.0865. The van der Waals surface area contributed by atoms with Crippen molar-refractivity contribution < 1.29 is 14.0 Å². The number of carbonyl (C=O) groups excluding carboxylic acids is 2. The molecule has 0 spiro atoms. The van der Waals surface area contributed by atoms with Gasteiger partial charge in [0.2, 0.25) is 5.91 Å². The van der Waals surface area contributed by atoms with Gasteiger partial charge in [-0.05, 0) is 44.0 Å². The van der Waals surface area contributed by atoms with E-state index in [9.17, 15) is 9.59 Å². The van der Waals surface area contributed by atoms with Gasteiger partial charge in [-0.1, -0.05) is 12.1 Å². The van der Waals surface area contributed by atoms with Gasteiger partial charge in [0.25, 0.3) is 5.91 Å². The van der Waals surface area contributed by atoms with Crippen LogP contribution in [0, 0.1) is 20.8 Å². The van der Waals surface area contributed by atoms with E-state index in [1.54, 1.807) is 13.0 Å². The Labute approximate surface area is 123 Å². The molecule has 1 heterocycles. The third kappa shape index (κ3) is 3.51. The maximum atomic E-state index is 11.9. The molecule has 110 valence electrons. The molecule has 2 aromatic rings. The van der Waals surface area contributed by atoms with Gasteiger partial charge in [0.05, 0.1) is 18.4 Å². The van der Waals surface area contributed by atoms with Crippen molar-refractivity contribution in [1.82, 2.24) is 5.32 Å². The molecule has 0 aliphatic rings. The molecule has 0 saturated heterocycles. The van der Waals surface area contributed by atoms with Gasteiger partial charge in [0.1, 0.15) is 5.76 Å². The summed E-state index contributed by atoms with van der Waals surface area (Å²) in [6.07, 6.45) is 1.44. The van der Waals surface area contributed by atoms with E-state index < -0.39 is 0 Å². The zero-order valence-electron chi connectivity index (χ0n) is 12.3. The number of aryl methyl sites for hydroxylation is 2. The lowest BCUT2D eigenvalue weighted by molar-refractivity contribution is -0.115. The first-order valence-corrected chi connectivity index (χ1v) is 6.67. The van der Waals surface area contributed by atoms with E-state index in [0.717, 1.165) is 16.8 Å². The molecule has 0 bridgehead atoms. The molecule has 2 rings (SSSR count). The minimum atomic E-state index is -0.322. The number of benzene rings is 1. The zero-order valence-corrected chi connectivity index (χ0v) is 12.3. The van der Waals surface area contributed by atoms with Gasteiger partial charge in [0.15, 0.2) is 0 Å². The van der Waals surface area contributed by atoms with Crippen molar-refractivity contribution in [2.75, 3.05) is 11.9 Å². The Morgan fingerprint density at radius 3 is 2.57 bits per heavy atom. The van der Waals surface area contributed by atoms with E-state index in [1.165, 1.54) is 6.26 Å². The Hall–Kier alpha value is -2.56. The van der Waals surface area contributed by atoms with Crippen LogP contribution in [-0.4, -0.2) is 18.4 Å². The highest BCUT2D eigenvalue weighted by Gasteiger charge is 2.13. The fourth-order valence-corrected chi connectivity index (χ4v) is 1.96. The van der Waals surface area contributed by atoms with Crippen LogP contribution in [0.1, 0.15) is 27.2 Å². The van der Waals surface area contributed by atoms with Crippen molar-refractivity contribution in [3.05, 3.63) is 53.0 Å². The highest BCUT2D eigenvalue weighted by atomic mass is 16.3. The summed E-state index contributed by atoms with van der Waals surface area (Å²) in [5.74, 6) is -0.0574. The molecule has 0 aliphatic carbocycles. The minimum Gasteiger partial charge on any atom is -0.469 e. The third-order valence-corrected chi connectivity index (χ3v) is 3.39. The maximum Gasteiger partial charge on any atom is 0.255 e. The first-order valence-electron chi connectivity index (χ1n) is 6.67. The molecule has 21 heavy (non-hydrogen) atoms.